The van der Waals surface area contributed by atoms with Gasteiger partial charge in [-0.2, -0.15) is 0 Å². The molecule has 1 heterocycles. The Labute approximate surface area is 124 Å². The van der Waals surface area contributed by atoms with E-state index in [-0.39, 0.29) is 0 Å². The summed E-state index contributed by atoms with van der Waals surface area (Å²) in [5.74, 6) is 0.0390. The van der Waals surface area contributed by atoms with Crippen molar-refractivity contribution < 1.29 is 9.90 Å². The summed E-state index contributed by atoms with van der Waals surface area (Å²) in [6.45, 7) is 5.11. The fraction of sp³-hybridized carbons (Fsp3) is 0.529. The van der Waals surface area contributed by atoms with Gasteiger partial charge >= 0.3 is 5.97 Å². The number of aromatic nitrogens is 2. The molecule has 1 N–H and O–H groups in total. The van der Waals surface area contributed by atoms with Crippen molar-refractivity contribution in [3.63, 3.8) is 0 Å². The fourth-order valence-electron chi connectivity index (χ4n) is 3.75. The maximum Gasteiger partial charge on any atom is 0.337 e. The maximum absolute atomic E-state index is 11.5. The minimum Gasteiger partial charge on any atom is -0.478 e. The number of aryl methyl sites for hydroxylation is 1. The van der Waals surface area contributed by atoms with E-state index in [4.69, 9.17) is 0 Å². The van der Waals surface area contributed by atoms with Crippen LogP contribution in [-0.4, -0.2) is 20.6 Å². The first-order chi connectivity index (χ1) is 10.1. The van der Waals surface area contributed by atoms with Crippen LogP contribution in [0.15, 0.2) is 18.2 Å². The first-order valence-electron chi connectivity index (χ1n) is 7.75. The van der Waals surface area contributed by atoms with Crippen LogP contribution >= 0.6 is 0 Å². The maximum atomic E-state index is 11.5. The normalized spacial score (nSPS) is 17.4. The number of rotatable bonds is 4. The van der Waals surface area contributed by atoms with Gasteiger partial charge in [0.1, 0.15) is 5.82 Å². The highest BCUT2D eigenvalue weighted by atomic mass is 16.4. The molecule has 1 saturated carbocycles. The summed E-state index contributed by atoms with van der Waals surface area (Å²) >= 11 is 0. The third-order valence-corrected chi connectivity index (χ3v) is 5.10. The Kier molecular flexibility index (Phi) is 3.47. The number of carbonyl (C=O) groups is 1. The van der Waals surface area contributed by atoms with Crippen molar-refractivity contribution in [1.82, 2.24) is 9.55 Å². The van der Waals surface area contributed by atoms with Crippen LogP contribution in [0.25, 0.3) is 11.0 Å². The van der Waals surface area contributed by atoms with Crippen molar-refractivity contribution in [2.24, 2.45) is 5.41 Å². The van der Waals surface area contributed by atoms with Crippen molar-refractivity contribution in [2.75, 3.05) is 0 Å². The van der Waals surface area contributed by atoms with Crippen LogP contribution in [0, 0.1) is 12.3 Å². The van der Waals surface area contributed by atoms with Gasteiger partial charge in [-0.15, -0.1) is 0 Å². The lowest BCUT2D eigenvalue weighted by atomic mass is 9.83. The minimum absolute atomic E-state index is 0.310. The molecular weight excluding hydrogens is 264 g/mol. The molecule has 0 bridgehead atoms. The molecule has 21 heavy (non-hydrogen) atoms. The van der Waals surface area contributed by atoms with Gasteiger partial charge in [-0.3, -0.25) is 0 Å². The van der Waals surface area contributed by atoms with Crippen LogP contribution in [0.4, 0.5) is 0 Å². The SMILES string of the molecule is CCC1(Cn2c(C)nc3cccc(C(=O)O)c32)CCCC1. The molecule has 0 unspecified atom stereocenters. The summed E-state index contributed by atoms with van der Waals surface area (Å²) in [6.07, 6.45) is 6.17. The smallest absolute Gasteiger partial charge is 0.337 e. The second-order valence-corrected chi connectivity index (χ2v) is 6.28. The van der Waals surface area contributed by atoms with E-state index in [2.05, 4.69) is 16.5 Å². The summed E-state index contributed by atoms with van der Waals surface area (Å²) < 4.78 is 2.13. The number of nitrogens with zero attached hydrogens (tertiary/aromatic N) is 2. The summed E-state index contributed by atoms with van der Waals surface area (Å²) in [5, 5.41) is 9.46. The summed E-state index contributed by atoms with van der Waals surface area (Å²) in [5.41, 5.74) is 2.24. The number of hydrogen-bond acceptors (Lipinski definition) is 2. The number of carboxylic acid groups (broad SMARTS) is 1. The van der Waals surface area contributed by atoms with Gasteiger partial charge in [0.15, 0.2) is 0 Å². The molecule has 1 aliphatic rings. The average molecular weight is 286 g/mol. The van der Waals surface area contributed by atoms with Crippen molar-refractivity contribution in [3.05, 3.63) is 29.6 Å². The van der Waals surface area contributed by atoms with E-state index in [0.717, 1.165) is 29.8 Å². The molecule has 0 spiro atoms. The molecule has 1 aromatic heterocycles. The molecule has 4 heteroatoms. The second-order valence-electron chi connectivity index (χ2n) is 6.28. The zero-order valence-electron chi connectivity index (χ0n) is 12.7. The van der Waals surface area contributed by atoms with E-state index < -0.39 is 5.97 Å². The number of carboxylic acids is 1. The lowest BCUT2D eigenvalue weighted by Crippen LogP contribution is -2.23. The third-order valence-electron chi connectivity index (χ3n) is 5.10. The van der Waals surface area contributed by atoms with Gasteiger partial charge in [0.25, 0.3) is 0 Å². The molecule has 0 aliphatic heterocycles. The van der Waals surface area contributed by atoms with E-state index in [0.29, 0.717) is 11.0 Å². The largest absolute Gasteiger partial charge is 0.478 e. The lowest BCUT2D eigenvalue weighted by molar-refractivity contribution is 0.0698. The third kappa shape index (κ3) is 2.33. The first-order valence-corrected chi connectivity index (χ1v) is 7.75. The van der Waals surface area contributed by atoms with Crippen LogP contribution in [0.5, 0.6) is 0 Å². The molecule has 1 aromatic carbocycles. The van der Waals surface area contributed by atoms with Gasteiger partial charge in [0, 0.05) is 6.54 Å². The molecule has 2 aromatic rings. The molecule has 0 saturated heterocycles. The number of benzene rings is 1. The van der Waals surface area contributed by atoms with E-state index >= 15 is 0 Å². The highest BCUT2D eigenvalue weighted by molar-refractivity contribution is 6.01. The Morgan fingerprint density at radius 2 is 2.10 bits per heavy atom. The van der Waals surface area contributed by atoms with Gasteiger partial charge in [-0.25, -0.2) is 9.78 Å². The van der Waals surface area contributed by atoms with Gasteiger partial charge < -0.3 is 9.67 Å². The van der Waals surface area contributed by atoms with Gasteiger partial charge in [-0.05, 0) is 43.7 Å². The fourth-order valence-corrected chi connectivity index (χ4v) is 3.75. The van der Waals surface area contributed by atoms with Crippen LogP contribution in [0.1, 0.15) is 55.2 Å². The second kappa shape index (κ2) is 5.17. The Hall–Kier alpha value is -1.84. The summed E-state index contributed by atoms with van der Waals surface area (Å²) in [6, 6.07) is 5.35. The Balaban J connectivity index is 2.13. The van der Waals surface area contributed by atoms with Crippen LogP contribution in [0.3, 0.4) is 0 Å². The Morgan fingerprint density at radius 3 is 2.71 bits per heavy atom. The van der Waals surface area contributed by atoms with Gasteiger partial charge in [-0.1, -0.05) is 25.8 Å². The molecule has 3 rings (SSSR count). The predicted molar refractivity (Wildman–Crippen MR) is 82.6 cm³/mol. The zero-order chi connectivity index (χ0) is 15.0. The van der Waals surface area contributed by atoms with Crippen molar-refractivity contribution in [2.45, 2.75) is 52.5 Å². The summed E-state index contributed by atoms with van der Waals surface area (Å²) in [7, 11) is 0. The molecule has 0 amide bonds. The van der Waals surface area contributed by atoms with Crippen molar-refractivity contribution in [3.8, 4) is 0 Å². The van der Waals surface area contributed by atoms with Crippen LogP contribution in [0.2, 0.25) is 0 Å². The molecule has 1 aliphatic carbocycles. The molecule has 0 atom stereocenters. The molecule has 0 radical (unpaired) electrons. The number of fused-ring (bicyclic) bond motifs is 1. The monoisotopic (exact) mass is 286 g/mol. The highest BCUT2D eigenvalue weighted by Crippen LogP contribution is 2.43. The average Bonchev–Trinajstić information content (AvgIpc) is 3.05. The zero-order valence-corrected chi connectivity index (χ0v) is 12.7. The summed E-state index contributed by atoms with van der Waals surface area (Å²) in [4.78, 5) is 16.1. The topological polar surface area (TPSA) is 55.1 Å². The minimum atomic E-state index is -0.876. The Bertz CT molecular complexity index is 681. The quantitative estimate of drug-likeness (QED) is 0.923. The van der Waals surface area contributed by atoms with E-state index in [1.54, 1.807) is 12.1 Å². The first kappa shape index (κ1) is 14.1. The van der Waals surface area contributed by atoms with Crippen molar-refractivity contribution >= 4 is 17.0 Å². The number of aromatic carboxylic acids is 1. The number of imidazole rings is 1. The standard InChI is InChI=1S/C17H22N2O2/c1-3-17(9-4-5-10-17)11-19-12(2)18-14-8-6-7-13(15(14)19)16(20)21/h6-8H,3-5,9-11H2,1-2H3,(H,20,21). The number of hydrogen-bond donors (Lipinski definition) is 1. The molecule has 1 fully saturated rings. The van der Waals surface area contributed by atoms with Gasteiger partial charge in [0.05, 0.1) is 16.6 Å². The van der Waals surface area contributed by atoms with E-state index in [9.17, 15) is 9.90 Å². The molecule has 4 nitrogen and oxygen atoms in total. The van der Waals surface area contributed by atoms with Gasteiger partial charge in [0.2, 0.25) is 0 Å². The van der Waals surface area contributed by atoms with E-state index in [1.165, 1.54) is 25.7 Å². The van der Waals surface area contributed by atoms with Crippen molar-refractivity contribution in [1.29, 1.82) is 0 Å². The molecule has 112 valence electrons. The molecular formula is C17H22N2O2. The van der Waals surface area contributed by atoms with E-state index in [1.807, 2.05) is 13.0 Å². The van der Waals surface area contributed by atoms with Crippen LogP contribution < -0.4 is 0 Å². The number of para-hydroxylation sites is 1. The lowest BCUT2D eigenvalue weighted by Gasteiger charge is -2.29. The highest BCUT2D eigenvalue weighted by Gasteiger charge is 2.33. The predicted octanol–water partition coefficient (Wildman–Crippen LogP) is 4.01. The van der Waals surface area contributed by atoms with Crippen LogP contribution in [-0.2, 0) is 6.54 Å². The Morgan fingerprint density at radius 1 is 1.38 bits per heavy atom.